The van der Waals surface area contributed by atoms with Crippen LogP contribution in [0.4, 0.5) is 0 Å². The quantitative estimate of drug-likeness (QED) is 0.493. The van der Waals surface area contributed by atoms with E-state index in [1.807, 2.05) is 36.6 Å². The molecule has 3 heterocycles. The van der Waals surface area contributed by atoms with Gasteiger partial charge >= 0.3 is 0 Å². The van der Waals surface area contributed by atoms with Crippen molar-refractivity contribution in [3.05, 3.63) is 59.4 Å². The summed E-state index contributed by atoms with van der Waals surface area (Å²) >= 11 is 1.55. The van der Waals surface area contributed by atoms with Crippen LogP contribution in [0.25, 0.3) is 16.8 Å². The van der Waals surface area contributed by atoms with Crippen LogP contribution in [0.3, 0.4) is 0 Å². The predicted octanol–water partition coefficient (Wildman–Crippen LogP) is 4.25. The van der Waals surface area contributed by atoms with Gasteiger partial charge in [0, 0.05) is 12.0 Å². The molecule has 0 fully saturated rings. The van der Waals surface area contributed by atoms with Gasteiger partial charge in [0.2, 0.25) is 11.8 Å². The summed E-state index contributed by atoms with van der Waals surface area (Å²) in [5.74, 6) is 1.83. The van der Waals surface area contributed by atoms with E-state index in [2.05, 4.69) is 40.4 Å². The largest absolute Gasteiger partial charge is 0.424 e. The summed E-state index contributed by atoms with van der Waals surface area (Å²) in [6.45, 7) is 6.08. The number of aryl methyl sites for hydroxylation is 3. The van der Waals surface area contributed by atoms with Crippen LogP contribution in [0, 0.1) is 13.8 Å². The van der Waals surface area contributed by atoms with Crippen LogP contribution in [0.1, 0.15) is 30.0 Å². The highest BCUT2D eigenvalue weighted by Crippen LogP contribution is 2.31. The van der Waals surface area contributed by atoms with Gasteiger partial charge in [0.05, 0.1) is 22.7 Å². The molecule has 0 aliphatic heterocycles. The molecule has 0 N–H and O–H groups in total. The molecular formula is C19H19N5OS. The highest BCUT2D eigenvalue weighted by Gasteiger charge is 2.17. The molecule has 26 heavy (non-hydrogen) atoms. The summed E-state index contributed by atoms with van der Waals surface area (Å²) < 4.78 is 7.53. The lowest BCUT2D eigenvalue weighted by molar-refractivity contribution is 0.470. The third kappa shape index (κ3) is 3.10. The minimum atomic E-state index is 0.564. The van der Waals surface area contributed by atoms with Gasteiger partial charge in [0.25, 0.3) is 0 Å². The zero-order valence-electron chi connectivity index (χ0n) is 14.9. The van der Waals surface area contributed by atoms with E-state index in [9.17, 15) is 0 Å². The van der Waals surface area contributed by atoms with E-state index >= 15 is 0 Å². The first kappa shape index (κ1) is 16.8. The lowest BCUT2D eigenvalue weighted by Crippen LogP contribution is -1.98. The molecule has 4 aromatic rings. The number of hydrogen-bond donors (Lipinski definition) is 0. The number of aromatic nitrogens is 5. The van der Waals surface area contributed by atoms with Crippen LogP contribution in [0.5, 0.6) is 0 Å². The second kappa shape index (κ2) is 6.92. The molecule has 4 rings (SSSR count). The molecule has 7 heteroatoms. The van der Waals surface area contributed by atoms with Crippen molar-refractivity contribution in [2.24, 2.45) is 0 Å². The monoisotopic (exact) mass is 365 g/mol. The summed E-state index contributed by atoms with van der Waals surface area (Å²) in [6.07, 6.45) is 0.738. The maximum atomic E-state index is 5.60. The van der Waals surface area contributed by atoms with Gasteiger partial charge in [-0.25, -0.2) is 9.50 Å². The highest BCUT2D eigenvalue weighted by atomic mass is 32.2. The average Bonchev–Trinajstić information content (AvgIpc) is 3.25. The van der Waals surface area contributed by atoms with Crippen molar-refractivity contribution in [1.82, 2.24) is 24.8 Å². The Labute approximate surface area is 155 Å². The lowest BCUT2D eigenvalue weighted by Gasteiger charge is -2.04. The van der Waals surface area contributed by atoms with Gasteiger partial charge in [-0.1, -0.05) is 49.0 Å². The van der Waals surface area contributed by atoms with Crippen LogP contribution in [-0.4, -0.2) is 24.8 Å². The Bertz CT molecular complexity index is 1050. The van der Waals surface area contributed by atoms with Crippen LogP contribution in [0.15, 0.2) is 46.0 Å². The minimum Gasteiger partial charge on any atom is -0.424 e. The Morgan fingerprint density at radius 1 is 1.08 bits per heavy atom. The van der Waals surface area contributed by atoms with Gasteiger partial charge < -0.3 is 4.42 Å². The maximum absolute atomic E-state index is 5.60. The molecule has 0 aliphatic carbocycles. The summed E-state index contributed by atoms with van der Waals surface area (Å²) in [6, 6.07) is 12.3. The number of fused-ring (bicyclic) bond motifs is 1. The Morgan fingerprint density at radius 2 is 1.85 bits per heavy atom. The van der Waals surface area contributed by atoms with Crippen molar-refractivity contribution >= 4 is 17.3 Å². The molecule has 0 aliphatic rings. The van der Waals surface area contributed by atoms with E-state index in [4.69, 9.17) is 9.40 Å². The predicted molar refractivity (Wildman–Crippen MR) is 101 cm³/mol. The number of imidazole rings is 1. The average molecular weight is 365 g/mol. The fourth-order valence-corrected chi connectivity index (χ4v) is 3.69. The number of hydrogen-bond acceptors (Lipinski definition) is 6. The van der Waals surface area contributed by atoms with Crippen LogP contribution in [-0.2, 0) is 12.2 Å². The molecule has 0 saturated carbocycles. The molecule has 132 valence electrons. The first-order valence-corrected chi connectivity index (χ1v) is 9.50. The number of nitrogens with zero attached hydrogens (tertiary/aromatic N) is 5. The third-order valence-electron chi connectivity index (χ3n) is 4.06. The van der Waals surface area contributed by atoms with E-state index in [1.165, 1.54) is 0 Å². The van der Waals surface area contributed by atoms with E-state index in [-0.39, 0.29) is 0 Å². The van der Waals surface area contributed by atoms with Gasteiger partial charge in [-0.3, -0.25) is 0 Å². The van der Waals surface area contributed by atoms with E-state index in [0.717, 1.165) is 39.6 Å². The third-order valence-corrected chi connectivity index (χ3v) is 4.98. The molecule has 0 amide bonds. The van der Waals surface area contributed by atoms with Crippen molar-refractivity contribution in [3.63, 3.8) is 0 Å². The van der Waals surface area contributed by atoms with Gasteiger partial charge in [0.15, 0.2) is 5.16 Å². The van der Waals surface area contributed by atoms with Crippen LogP contribution in [0.2, 0.25) is 0 Å². The fraction of sp³-hybridized carbons (Fsp3) is 0.263. The molecule has 0 unspecified atom stereocenters. The maximum Gasteiger partial charge on any atom is 0.226 e. The summed E-state index contributed by atoms with van der Waals surface area (Å²) in [5, 5.41) is 13.6. The van der Waals surface area contributed by atoms with Crippen LogP contribution >= 0.6 is 11.8 Å². The summed E-state index contributed by atoms with van der Waals surface area (Å²) in [5.41, 5.74) is 5.17. The van der Waals surface area contributed by atoms with Gasteiger partial charge in [0.1, 0.15) is 0 Å². The first-order valence-electron chi connectivity index (χ1n) is 8.52. The lowest BCUT2D eigenvalue weighted by atomic mass is 10.1. The number of thioether (sulfide) groups is 1. The van der Waals surface area contributed by atoms with Crippen molar-refractivity contribution in [2.45, 2.75) is 38.1 Å². The first-order chi connectivity index (χ1) is 12.7. The Hall–Kier alpha value is -2.67. The normalized spacial score (nSPS) is 11.3. The molecule has 6 nitrogen and oxygen atoms in total. The summed E-state index contributed by atoms with van der Waals surface area (Å²) in [7, 11) is 0. The molecule has 0 radical (unpaired) electrons. The minimum absolute atomic E-state index is 0.564. The van der Waals surface area contributed by atoms with Gasteiger partial charge in [-0.15, -0.1) is 10.2 Å². The van der Waals surface area contributed by atoms with E-state index in [1.54, 1.807) is 11.8 Å². The number of rotatable bonds is 5. The molecule has 3 aromatic heterocycles. The topological polar surface area (TPSA) is 69.1 Å². The SMILES string of the molecule is CCc1nnc(CSc2nc(-c3ccccc3)c3c(C)cc(C)nn23)o1. The molecule has 0 atom stereocenters. The van der Waals surface area contributed by atoms with Crippen molar-refractivity contribution in [1.29, 1.82) is 0 Å². The molecule has 0 saturated heterocycles. The fourth-order valence-electron chi connectivity index (χ4n) is 2.91. The molecule has 0 bridgehead atoms. The Morgan fingerprint density at radius 3 is 2.58 bits per heavy atom. The smallest absolute Gasteiger partial charge is 0.226 e. The molecule has 0 spiro atoms. The van der Waals surface area contributed by atoms with E-state index < -0.39 is 0 Å². The second-order valence-electron chi connectivity index (χ2n) is 6.07. The second-order valence-corrected chi connectivity index (χ2v) is 7.01. The van der Waals surface area contributed by atoms with Gasteiger partial charge in [-0.05, 0) is 25.5 Å². The van der Waals surface area contributed by atoms with Crippen molar-refractivity contribution in [3.8, 4) is 11.3 Å². The molecule has 1 aromatic carbocycles. The zero-order valence-corrected chi connectivity index (χ0v) is 15.7. The molecular weight excluding hydrogens is 346 g/mol. The van der Waals surface area contributed by atoms with Crippen molar-refractivity contribution in [2.75, 3.05) is 0 Å². The highest BCUT2D eigenvalue weighted by molar-refractivity contribution is 7.98. The van der Waals surface area contributed by atoms with E-state index in [0.29, 0.717) is 17.5 Å². The Kier molecular flexibility index (Phi) is 4.46. The van der Waals surface area contributed by atoms with Crippen molar-refractivity contribution < 1.29 is 4.42 Å². The summed E-state index contributed by atoms with van der Waals surface area (Å²) in [4.78, 5) is 4.88. The van der Waals surface area contributed by atoms with Gasteiger partial charge in [-0.2, -0.15) is 5.10 Å². The number of benzene rings is 1. The zero-order chi connectivity index (χ0) is 18.1. The Balaban J connectivity index is 1.76. The standard InChI is InChI=1S/C19H19N5OS/c1-4-15-21-22-16(25-15)11-26-19-20-17(14-8-6-5-7-9-14)18-12(2)10-13(3)23-24(18)19/h5-10H,4,11H2,1-3H3. The van der Waals surface area contributed by atoms with Crippen LogP contribution < -0.4 is 0 Å².